The molecule has 0 bridgehead atoms. The molecule has 0 spiro atoms. The van der Waals surface area contributed by atoms with E-state index in [1.54, 1.807) is 36.4 Å². The molecule has 2 aromatic rings. The lowest BCUT2D eigenvalue weighted by molar-refractivity contribution is -0.133. The number of hydrogen-bond donors (Lipinski definition) is 3. The van der Waals surface area contributed by atoms with Gasteiger partial charge in [0.05, 0.1) is 13.1 Å². The average molecular weight is 411 g/mol. The summed E-state index contributed by atoms with van der Waals surface area (Å²) in [6, 6.07) is 14.1. The van der Waals surface area contributed by atoms with E-state index in [1.165, 1.54) is 11.8 Å². The number of nitrogens with one attached hydrogen (secondary N) is 1. The summed E-state index contributed by atoms with van der Waals surface area (Å²) in [6.45, 7) is 1.82. The van der Waals surface area contributed by atoms with Crippen molar-refractivity contribution >= 4 is 17.6 Å². The lowest BCUT2D eigenvalue weighted by Crippen LogP contribution is -2.37. The van der Waals surface area contributed by atoms with Crippen LogP contribution >= 0.6 is 0 Å². The predicted molar refractivity (Wildman–Crippen MR) is 110 cm³/mol. The van der Waals surface area contributed by atoms with E-state index in [4.69, 9.17) is 10.5 Å². The van der Waals surface area contributed by atoms with E-state index in [1.807, 2.05) is 12.1 Å². The fourth-order valence-corrected chi connectivity index (χ4v) is 3.05. The molecule has 1 aliphatic rings. The molecule has 1 heterocycles. The van der Waals surface area contributed by atoms with Gasteiger partial charge in [-0.3, -0.25) is 14.4 Å². The molecule has 0 aromatic heterocycles. The molecule has 30 heavy (non-hydrogen) atoms. The summed E-state index contributed by atoms with van der Waals surface area (Å²) in [5.74, 6) is -0.427. The second-order valence-electron chi connectivity index (χ2n) is 7.46. The van der Waals surface area contributed by atoms with Crippen molar-refractivity contribution in [1.82, 2.24) is 10.2 Å². The van der Waals surface area contributed by atoms with Crippen molar-refractivity contribution in [2.45, 2.75) is 25.6 Å². The highest BCUT2D eigenvalue weighted by Gasteiger charge is 2.42. The highest BCUT2D eigenvalue weighted by Crippen LogP contribution is 2.18. The van der Waals surface area contributed by atoms with Gasteiger partial charge in [0.1, 0.15) is 11.4 Å². The van der Waals surface area contributed by atoms with E-state index in [9.17, 15) is 19.5 Å². The summed E-state index contributed by atoms with van der Waals surface area (Å²) >= 11 is 0. The normalized spacial score (nSPS) is 18.4. The van der Waals surface area contributed by atoms with Crippen LogP contribution in [-0.4, -0.2) is 52.9 Å². The molecule has 1 atom stereocenters. The summed E-state index contributed by atoms with van der Waals surface area (Å²) < 4.78 is 5.47. The molecule has 1 aliphatic heterocycles. The average Bonchev–Trinajstić information content (AvgIpc) is 3.03. The highest BCUT2D eigenvalue weighted by atomic mass is 16.5. The standard InChI is InChI=1S/C22H25N3O5/c1-22(29)14-25(12-19(22)26)20(27)13-30-18-8-4-16(5-9-18)11-24-21(28)17-6-2-15(10-23)3-7-17/h2-9,29H,10-14,23H2,1H3,(H,24,28)/t22-/m0/s1. The third-order valence-electron chi connectivity index (χ3n) is 4.98. The number of benzene rings is 2. The molecular formula is C22H25N3O5. The van der Waals surface area contributed by atoms with Gasteiger partial charge in [-0.1, -0.05) is 24.3 Å². The van der Waals surface area contributed by atoms with E-state index in [0.717, 1.165) is 11.1 Å². The molecule has 0 aliphatic carbocycles. The third kappa shape index (κ3) is 5.22. The summed E-state index contributed by atoms with van der Waals surface area (Å²) in [5.41, 5.74) is 6.46. The van der Waals surface area contributed by atoms with Gasteiger partial charge in [0.2, 0.25) is 0 Å². The van der Waals surface area contributed by atoms with Gasteiger partial charge in [0.15, 0.2) is 12.4 Å². The maximum atomic E-state index is 12.2. The monoisotopic (exact) mass is 411 g/mol. The third-order valence-corrected chi connectivity index (χ3v) is 4.98. The van der Waals surface area contributed by atoms with Crippen molar-refractivity contribution < 1.29 is 24.2 Å². The molecule has 8 heteroatoms. The SMILES string of the molecule is C[C@]1(O)CN(C(=O)COc2ccc(CNC(=O)c3ccc(CN)cc3)cc2)CC1=O. The van der Waals surface area contributed by atoms with Crippen LogP contribution in [0.5, 0.6) is 5.75 Å². The largest absolute Gasteiger partial charge is 0.484 e. The number of rotatable bonds is 7. The van der Waals surface area contributed by atoms with Gasteiger partial charge in [-0.15, -0.1) is 0 Å². The van der Waals surface area contributed by atoms with Gasteiger partial charge in [0.25, 0.3) is 11.8 Å². The Labute approximate surface area is 174 Å². The van der Waals surface area contributed by atoms with Gasteiger partial charge >= 0.3 is 0 Å². The first-order valence-corrected chi connectivity index (χ1v) is 9.61. The molecule has 4 N–H and O–H groups in total. The van der Waals surface area contributed by atoms with Crippen LogP contribution < -0.4 is 15.8 Å². The Kier molecular flexibility index (Phi) is 6.49. The zero-order chi connectivity index (χ0) is 21.7. The zero-order valence-corrected chi connectivity index (χ0v) is 16.8. The van der Waals surface area contributed by atoms with Gasteiger partial charge < -0.3 is 25.8 Å². The maximum absolute atomic E-state index is 12.2. The van der Waals surface area contributed by atoms with Crippen molar-refractivity contribution in [3.63, 3.8) is 0 Å². The number of nitrogens with zero attached hydrogens (tertiary/aromatic N) is 1. The van der Waals surface area contributed by atoms with E-state index >= 15 is 0 Å². The van der Waals surface area contributed by atoms with Gasteiger partial charge in [0, 0.05) is 18.7 Å². The number of carbonyl (C=O) groups is 3. The second-order valence-corrected chi connectivity index (χ2v) is 7.46. The van der Waals surface area contributed by atoms with Crippen LogP contribution in [0.1, 0.15) is 28.4 Å². The number of likely N-dealkylation sites (tertiary alicyclic amines) is 1. The van der Waals surface area contributed by atoms with Crippen molar-refractivity contribution in [2.75, 3.05) is 19.7 Å². The van der Waals surface area contributed by atoms with Crippen molar-refractivity contribution in [2.24, 2.45) is 5.73 Å². The first kappa shape index (κ1) is 21.5. The van der Waals surface area contributed by atoms with Crippen LogP contribution in [0.3, 0.4) is 0 Å². The smallest absolute Gasteiger partial charge is 0.261 e. The fraction of sp³-hybridized carbons (Fsp3) is 0.318. The van der Waals surface area contributed by atoms with Crippen molar-refractivity contribution in [3.05, 3.63) is 65.2 Å². The first-order chi connectivity index (χ1) is 14.3. The van der Waals surface area contributed by atoms with Crippen molar-refractivity contribution in [3.8, 4) is 5.75 Å². The van der Waals surface area contributed by atoms with Crippen LogP contribution in [0.15, 0.2) is 48.5 Å². The number of aliphatic hydroxyl groups is 1. The molecular weight excluding hydrogens is 386 g/mol. The lowest BCUT2D eigenvalue weighted by Gasteiger charge is -2.17. The predicted octanol–water partition coefficient (Wildman–Crippen LogP) is 0.616. The Hall–Kier alpha value is -3.23. The minimum absolute atomic E-state index is 0.0262. The minimum atomic E-state index is -1.49. The number of hydrogen-bond acceptors (Lipinski definition) is 6. The minimum Gasteiger partial charge on any atom is -0.484 e. The molecule has 1 saturated heterocycles. The molecule has 2 amide bonds. The molecule has 0 saturated carbocycles. The summed E-state index contributed by atoms with van der Waals surface area (Å²) in [5, 5.41) is 12.7. The van der Waals surface area contributed by atoms with E-state index in [2.05, 4.69) is 5.32 Å². The van der Waals surface area contributed by atoms with E-state index < -0.39 is 5.60 Å². The van der Waals surface area contributed by atoms with Crippen LogP contribution in [0.4, 0.5) is 0 Å². The van der Waals surface area contributed by atoms with Crippen LogP contribution in [0, 0.1) is 0 Å². The number of nitrogens with two attached hydrogens (primary N) is 1. The topological polar surface area (TPSA) is 122 Å². The Morgan fingerprint density at radius 1 is 1.13 bits per heavy atom. The van der Waals surface area contributed by atoms with Crippen LogP contribution in [0.25, 0.3) is 0 Å². The number of β-amino-alcohol motifs (C(OH)–C–C–N with tert-alkyl or cyclic N) is 1. The number of Topliss-reactive ketones (excluding diaryl/α,β-unsaturated/α-hetero) is 1. The van der Waals surface area contributed by atoms with Crippen molar-refractivity contribution in [1.29, 1.82) is 0 Å². The number of amides is 2. The Morgan fingerprint density at radius 3 is 2.33 bits per heavy atom. The summed E-state index contributed by atoms with van der Waals surface area (Å²) in [7, 11) is 0. The maximum Gasteiger partial charge on any atom is 0.261 e. The molecule has 8 nitrogen and oxygen atoms in total. The molecule has 1 fully saturated rings. The summed E-state index contributed by atoms with van der Waals surface area (Å²) in [4.78, 5) is 37.3. The van der Waals surface area contributed by atoms with Gasteiger partial charge in [-0.25, -0.2) is 0 Å². The Bertz CT molecular complexity index is 923. The Balaban J connectivity index is 1.46. The van der Waals surface area contributed by atoms with Crippen LogP contribution in [-0.2, 0) is 22.7 Å². The highest BCUT2D eigenvalue weighted by molar-refractivity contribution is 5.95. The molecule has 158 valence electrons. The number of carbonyl (C=O) groups excluding carboxylic acids is 3. The van der Waals surface area contributed by atoms with E-state index in [0.29, 0.717) is 24.4 Å². The molecule has 0 unspecified atom stereocenters. The fourth-order valence-electron chi connectivity index (χ4n) is 3.05. The first-order valence-electron chi connectivity index (χ1n) is 9.61. The van der Waals surface area contributed by atoms with Gasteiger partial charge in [-0.2, -0.15) is 0 Å². The number of ketones is 1. The summed E-state index contributed by atoms with van der Waals surface area (Å²) in [6.07, 6.45) is 0. The molecule has 3 rings (SSSR count). The second kappa shape index (κ2) is 9.06. The van der Waals surface area contributed by atoms with Gasteiger partial charge in [-0.05, 0) is 42.3 Å². The quantitative estimate of drug-likeness (QED) is 0.614. The lowest BCUT2D eigenvalue weighted by atomic mass is 10.1. The van der Waals surface area contributed by atoms with Crippen LogP contribution in [0.2, 0.25) is 0 Å². The van der Waals surface area contributed by atoms with E-state index in [-0.39, 0.29) is 37.3 Å². The molecule has 0 radical (unpaired) electrons. The Morgan fingerprint density at radius 2 is 1.77 bits per heavy atom. The number of ether oxygens (including phenoxy) is 1. The molecule has 2 aromatic carbocycles. The zero-order valence-electron chi connectivity index (χ0n) is 16.8.